The third-order valence-electron chi connectivity index (χ3n) is 3.46. The highest BCUT2D eigenvalue weighted by atomic mass is 35.5. The van der Waals surface area contributed by atoms with E-state index in [0.29, 0.717) is 25.7 Å². The van der Waals surface area contributed by atoms with Crippen molar-refractivity contribution < 1.29 is 14.3 Å². The van der Waals surface area contributed by atoms with Crippen molar-refractivity contribution in [2.45, 2.75) is 44.2 Å². The van der Waals surface area contributed by atoms with E-state index in [1.165, 1.54) is 0 Å². The summed E-state index contributed by atoms with van der Waals surface area (Å²) in [5.74, 6) is 0.0936. The van der Waals surface area contributed by atoms with Crippen molar-refractivity contribution in [2.75, 3.05) is 32.9 Å². The Bertz CT molecular complexity index is 254. The van der Waals surface area contributed by atoms with E-state index in [0.717, 1.165) is 45.4 Å². The van der Waals surface area contributed by atoms with Crippen molar-refractivity contribution in [1.82, 2.24) is 10.6 Å². The van der Waals surface area contributed by atoms with Crippen molar-refractivity contribution >= 4 is 18.3 Å². The minimum absolute atomic E-state index is 0. The van der Waals surface area contributed by atoms with Gasteiger partial charge in [-0.1, -0.05) is 0 Å². The molecular weight excluding hydrogens is 268 g/mol. The van der Waals surface area contributed by atoms with Crippen molar-refractivity contribution in [3.05, 3.63) is 0 Å². The van der Waals surface area contributed by atoms with Crippen LogP contribution < -0.4 is 10.6 Å². The fraction of sp³-hybridized carbons (Fsp3) is 0.923. The summed E-state index contributed by atoms with van der Waals surface area (Å²) in [4.78, 5) is 11.7. The molecule has 6 heteroatoms. The number of piperidine rings is 1. The van der Waals surface area contributed by atoms with Gasteiger partial charge in [-0.2, -0.15) is 0 Å². The standard InChI is InChI=1S/C13H24N2O3.ClH/c16-13(15-11-3-1-6-14-9-11)5-8-17-10-12-4-2-7-18-12;/h11-12,14H,1-10H2,(H,15,16);1H. The third kappa shape index (κ3) is 6.56. The lowest BCUT2D eigenvalue weighted by Gasteiger charge is -2.23. The number of nitrogens with one attached hydrogen (secondary N) is 2. The van der Waals surface area contributed by atoms with Crippen LogP contribution in [-0.4, -0.2) is 51.0 Å². The minimum atomic E-state index is 0. The lowest BCUT2D eigenvalue weighted by atomic mass is 10.1. The SMILES string of the molecule is Cl.O=C(CCOCC1CCCO1)NC1CCCNC1. The summed E-state index contributed by atoms with van der Waals surface area (Å²) in [6, 6.07) is 0.296. The first-order valence-electron chi connectivity index (χ1n) is 7.04. The maximum absolute atomic E-state index is 11.7. The van der Waals surface area contributed by atoms with Crippen LogP contribution in [-0.2, 0) is 14.3 Å². The van der Waals surface area contributed by atoms with E-state index in [9.17, 15) is 4.79 Å². The maximum Gasteiger partial charge on any atom is 0.222 e. The molecule has 0 aromatic rings. The molecule has 2 N–H and O–H groups in total. The van der Waals surface area contributed by atoms with Gasteiger partial charge < -0.3 is 20.1 Å². The predicted molar refractivity (Wildman–Crippen MR) is 75.7 cm³/mol. The molecule has 2 aliphatic heterocycles. The van der Waals surface area contributed by atoms with Gasteiger partial charge in [0, 0.05) is 25.6 Å². The molecule has 19 heavy (non-hydrogen) atoms. The number of hydrogen-bond donors (Lipinski definition) is 2. The summed E-state index contributed by atoms with van der Waals surface area (Å²) in [5, 5.41) is 6.32. The number of halogens is 1. The van der Waals surface area contributed by atoms with E-state index in [-0.39, 0.29) is 24.4 Å². The molecule has 2 heterocycles. The summed E-state index contributed by atoms with van der Waals surface area (Å²) >= 11 is 0. The van der Waals surface area contributed by atoms with Gasteiger partial charge in [0.2, 0.25) is 5.91 Å². The second kappa shape index (κ2) is 9.53. The molecule has 0 bridgehead atoms. The molecule has 5 nitrogen and oxygen atoms in total. The van der Waals surface area contributed by atoms with Crippen molar-refractivity contribution in [3.63, 3.8) is 0 Å². The van der Waals surface area contributed by atoms with Crippen LogP contribution in [0, 0.1) is 0 Å². The van der Waals surface area contributed by atoms with Crippen LogP contribution in [0.1, 0.15) is 32.1 Å². The molecule has 2 atom stereocenters. The van der Waals surface area contributed by atoms with Crippen molar-refractivity contribution in [2.24, 2.45) is 0 Å². The number of carbonyl (C=O) groups excluding carboxylic acids is 1. The Balaban J connectivity index is 0.00000180. The average Bonchev–Trinajstić information content (AvgIpc) is 2.89. The van der Waals surface area contributed by atoms with E-state index in [4.69, 9.17) is 9.47 Å². The van der Waals surface area contributed by atoms with Gasteiger partial charge in [-0.15, -0.1) is 12.4 Å². The van der Waals surface area contributed by atoms with Gasteiger partial charge in [0.25, 0.3) is 0 Å². The van der Waals surface area contributed by atoms with Crippen LogP contribution in [0.2, 0.25) is 0 Å². The first kappa shape index (κ1) is 16.7. The maximum atomic E-state index is 11.7. The molecular formula is C13H25ClN2O3. The molecule has 0 aromatic heterocycles. The topological polar surface area (TPSA) is 59.6 Å². The average molecular weight is 293 g/mol. The first-order chi connectivity index (χ1) is 8.84. The molecule has 2 rings (SSSR count). The van der Waals surface area contributed by atoms with Crippen LogP contribution in [0.15, 0.2) is 0 Å². The van der Waals surface area contributed by atoms with Crippen molar-refractivity contribution in [1.29, 1.82) is 0 Å². The van der Waals surface area contributed by atoms with Crippen LogP contribution in [0.4, 0.5) is 0 Å². The van der Waals surface area contributed by atoms with Crippen LogP contribution in [0.5, 0.6) is 0 Å². The van der Waals surface area contributed by atoms with Crippen LogP contribution in [0.3, 0.4) is 0 Å². The Morgan fingerprint density at radius 2 is 2.26 bits per heavy atom. The summed E-state index contributed by atoms with van der Waals surface area (Å²) in [5.41, 5.74) is 0. The summed E-state index contributed by atoms with van der Waals surface area (Å²) in [6.07, 6.45) is 5.12. The second-order valence-electron chi connectivity index (χ2n) is 5.07. The number of rotatable bonds is 6. The molecule has 0 aliphatic carbocycles. The highest BCUT2D eigenvalue weighted by Crippen LogP contribution is 2.11. The fourth-order valence-corrected chi connectivity index (χ4v) is 2.43. The number of amides is 1. The van der Waals surface area contributed by atoms with E-state index >= 15 is 0 Å². The largest absolute Gasteiger partial charge is 0.378 e. The Kier molecular flexibility index (Phi) is 8.37. The Morgan fingerprint density at radius 1 is 1.37 bits per heavy atom. The molecule has 0 radical (unpaired) electrons. The summed E-state index contributed by atoms with van der Waals surface area (Å²) in [7, 11) is 0. The Hall–Kier alpha value is -0.360. The zero-order valence-corrected chi connectivity index (χ0v) is 12.2. The van der Waals surface area contributed by atoms with E-state index in [1.807, 2.05) is 0 Å². The normalized spacial score (nSPS) is 26.7. The molecule has 1 amide bonds. The number of hydrogen-bond acceptors (Lipinski definition) is 4. The summed E-state index contributed by atoms with van der Waals surface area (Å²) < 4.78 is 10.9. The highest BCUT2D eigenvalue weighted by Gasteiger charge is 2.17. The molecule has 2 unspecified atom stereocenters. The van der Waals surface area contributed by atoms with Gasteiger partial charge in [0.15, 0.2) is 0 Å². The van der Waals surface area contributed by atoms with Crippen molar-refractivity contribution in [3.8, 4) is 0 Å². The van der Waals surface area contributed by atoms with E-state index < -0.39 is 0 Å². The van der Waals surface area contributed by atoms with Gasteiger partial charge in [0.05, 0.1) is 19.3 Å². The molecule has 2 aliphatic rings. The zero-order valence-electron chi connectivity index (χ0n) is 11.4. The second-order valence-corrected chi connectivity index (χ2v) is 5.07. The van der Waals surface area contributed by atoms with E-state index in [2.05, 4.69) is 10.6 Å². The fourth-order valence-electron chi connectivity index (χ4n) is 2.43. The third-order valence-corrected chi connectivity index (χ3v) is 3.46. The Morgan fingerprint density at radius 3 is 2.95 bits per heavy atom. The number of carbonyl (C=O) groups is 1. The molecule has 0 aromatic carbocycles. The number of ether oxygens (including phenoxy) is 2. The monoisotopic (exact) mass is 292 g/mol. The van der Waals surface area contributed by atoms with Gasteiger partial charge in [0.1, 0.15) is 0 Å². The lowest BCUT2D eigenvalue weighted by Crippen LogP contribution is -2.45. The molecule has 0 spiro atoms. The van der Waals surface area contributed by atoms with Crippen LogP contribution in [0.25, 0.3) is 0 Å². The van der Waals surface area contributed by atoms with Gasteiger partial charge >= 0.3 is 0 Å². The van der Waals surface area contributed by atoms with Crippen LogP contribution >= 0.6 is 12.4 Å². The molecule has 2 saturated heterocycles. The predicted octanol–water partition coefficient (Wildman–Crippen LogP) is 0.862. The minimum Gasteiger partial charge on any atom is -0.378 e. The van der Waals surface area contributed by atoms with Gasteiger partial charge in [-0.25, -0.2) is 0 Å². The zero-order chi connectivity index (χ0) is 12.6. The highest BCUT2D eigenvalue weighted by molar-refractivity contribution is 5.85. The molecule has 2 fully saturated rings. The smallest absolute Gasteiger partial charge is 0.222 e. The Labute approximate surface area is 121 Å². The summed E-state index contributed by atoms with van der Waals surface area (Å²) in [6.45, 7) is 3.92. The van der Waals surface area contributed by atoms with E-state index in [1.54, 1.807) is 0 Å². The van der Waals surface area contributed by atoms with Gasteiger partial charge in [-0.05, 0) is 32.2 Å². The molecule has 112 valence electrons. The quantitative estimate of drug-likeness (QED) is 0.713. The first-order valence-corrected chi connectivity index (χ1v) is 7.04. The lowest BCUT2D eigenvalue weighted by molar-refractivity contribution is -0.123. The van der Waals surface area contributed by atoms with Gasteiger partial charge in [-0.3, -0.25) is 4.79 Å². The molecule has 0 saturated carbocycles.